The second-order valence-corrected chi connectivity index (χ2v) is 3.34. The summed E-state index contributed by atoms with van der Waals surface area (Å²) in [6.45, 7) is 0. The quantitative estimate of drug-likeness (QED) is 0.531. The molecule has 0 rings (SSSR count). The molecule has 14 heavy (non-hydrogen) atoms. The molecule has 0 aliphatic rings. The molecule has 0 unspecified atom stereocenters. The number of aliphatic carboxylic acids is 2. The lowest BCUT2D eigenvalue weighted by Crippen LogP contribution is -2.24. The zero-order valence-electron chi connectivity index (χ0n) is 6.14. The average molecular weight is 278 g/mol. The first-order valence-electron chi connectivity index (χ1n) is 2.82. The van der Waals surface area contributed by atoms with E-state index in [9.17, 15) is 19.8 Å². The molecule has 0 aliphatic carbocycles. The van der Waals surface area contributed by atoms with E-state index in [-0.39, 0.29) is 0 Å². The van der Waals surface area contributed by atoms with Crippen LogP contribution in [0, 0.1) is 0 Å². The molecular weight excluding hydrogens is 278 g/mol. The lowest BCUT2D eigenvalue weighted by molar-refractivity contribution is -0.299. The van der Waals surface area contributed by atoms with Crippen LogP contribution in [0.1, 0.15) is 0 Å². The van der Waals surface area contributed by atoms with E-state index in [0.29, 0.717) is 0 Å². The molecule has 0 atom stereocenters. The topological polar surface area (TPSA) is 80.3 Å². The van der Waals surface area contributed by atoms with Crippen LogP contribution in [0.25, 0.3) is 0 Å². The van der Waals surface area contributed by atoms with Gasteiger partial charge in [-0.1, -0.05) is 46.4 Å². The van der Waals surface area contributed by atoms with Crippen molar-refractivity contribution < 1.29 is 19.8 Å². The van der Waals surface area contributed by atoms with Crippen LogP contribution in [0.4, 0.5) is 0 Å². The maximum Gasteiger partial charge on any atom is 0.0845 e. The van der Waals surface area contributed by atoms with Crippen molar-refractivity contribution in [2.45, 2.75) is 0 Å². The summed E-state index contributed by atoms with van der Waals surface area (Å²) in [5.74, 6) is -3.62. The molecule has 0 aromatic carbocycles. The van der Waals surface area contributed by atoms with Crippen LogP contribution >= 0.6 is 46.4 Å². The number of carboxylic acid groups (broad SMARTS) is 2. The van der Waals surface area contributed by atoms with Crippen LogP contribution in [0.2, 0.25) is 0 Å². The molecule has 0 saturated heterocycles. The molecule has 0 fully saturated rings. The van der Waals surface area contributed by atoms with Gasteiger partial charge in [0.05, 0.1) is 32.1 Å². The van der Waals surface area contributed by atoms with Crippen molar-refractivity contribution in [3.63, 3.8) is 0 Å². The fourth-order valence-corrected chi connectivity index (χ4v) is 1.00. The first-order chi connectivity index (χ1) is 6.29. The standard InChI is InChI=1S/C6H2Cl4O4/c7-1(3(9)5(11)12)2(8)4(10)6(13)14/h(H,11,12)(H,13,14)/p-2. The first kappa shape index (κ1) is 13.6. The highest BCUT2D eigenvalue weighted by Gasteiger charge is 2.11. The van der Waals surface area contributed by atoms with E-state index in [1.54, 1.807) is 0 Å². The molecule has 0 heterocycles. The maximum absolute atomic E-state index is 10.2. The van der Waals surface area contributed by atoms with Crippen LogP contribution in [0.5, 0.6) is 0 Å². The highest BCUT2D eigenvalue weighted by atomic mass is 35.5. The molecule has 0 aliphatic heterocycles. The van der Waals surface area contributed by atoms with Gasteiger partial charge in [-0.15, -0.1) is 0 Å². The first-order valence-corrected chi connectivity index (χ1v) is 4.33. The smallest absolute Gasteiger partial charge is 0.0845 e. The van der Waals surface area contributed by atoms with Crippen LogP contribution < -0.4 is 10.2 Å². The van der Waals surface area contributed by atoms with E-state index >= 15 is 0 Å². The molecule has 0 radical (unpaired) electrons. The second kappa shape index (κ2) is 5.46. The lowest BCUT2D eigenvalue weighted by atomic mass is 10.4. The molecule has 0 bridgehead atoms. The van der Waals surface area contributed by atoms with Gasteiger partial charge in [-0.25, -0.2) is 0 Å². The number of carbonyl (C=O) groups excluding carboxylic acids is 2. The molecule has 0 spiro atoms. The van der Waals surface area contributed by atoms with Crippen molar-refractivity contribution in [3.05, 3.63) is 20.1 Å². The molecule has 0 saturated carbocycles. The summed E-state index contributed by atoms with van der Waals surface area (Å²) >= 11 is 20.8. The van der Waals surface area contributed by atoms with Gasteiger partial charge >= 0.3 is 0 Å². The van der Waals surface area contributed by atoms with Gasteiger partial charge in [0.2, 0.25) is 0 Å². The summed E-state index contributed by atoms with van der Waals surface area (Å²) in [5, 5.41) is 17.0. The number of hydrogen-bond acceptors (Lipinski definition) is 4. The van der Waals surface area contributed by atoms with Crippen molar-refractivity contribution in [2.75, 3.05) is 0 Å². The number of carboxylic acids is 2. The third kappa shape index (κ3) is 3.38. The molecule has 0 aromatic rings. The average Bonchev–Trinajstić information content (AvgIpc) is 2.12. The zero-order valence-corrected chi connectivity index (χ0v) is 9.17. The highest BCUT2D eigenvalue weighted by Crippen LogP contribution is 2.29. The number of hydrogen-bond donors (Lipinski definition) is 0. The maximum atomic E-state index is 10.2. The monoisotopic (exact) mass is 276 g/mol. The Morgan fingerprint density at radius 1 is 0.643 bits per heavy atom. The third-order valence-corrected chi connectivity index (χ3v) is 2.67. The van der Waals surface area contributed by atoms with E-state index in [1.165, 1.54) is 0 Å². The van der Waals surface area contributed by atoms with Gasteiger partial charge < -0.3 is 19.8 Å². The van der Waals surface area contributed by atoms with Gasteiger partial charge in [-0.3, -0.25) is 0 Å². The Morgan fingerprint density at radius 3 is 1.00 bits per heavy atom. The highest BCUT2D eigenvalue weighted by molar-refractivity contribution is 6.56. The molecule has 4 nitrogen and oxygen atoms in total. The summed E-state index contributed by atoms with van der Waals surface area (Å²) in [6, 6.07) is 0. The molecule has 0 N–H and O–H groups in total. The Kier molecular flexibility index (Phi) is 5.29. The summed E-state index contributed by atoms with van der Waals surface area (Å²) in [7, 11) is 0. The Hall–Kier alpha value is -0.420. The molecule has 8 heteroatoms. The Balaban J connectivity index is 5.35. The van der Waals surface area contributed by atoms with Crippen molar-refractivity contribution in [3.8, 4) is 0 Å². The predicted molar refractivity (Wildman–Crippen MR) is 47.5 cm³/mol. The van der Waals surface area contributed by atoms with Crippen LogP contribution in [-0.2, 0) is 9.59 Å². The number of rotatable bonds is 3. The number of halogens is 4. The summed E-state index contributed by atoms with van der Waals surface area (Å²) in [4.78, 5) is 20.3. The normalized spacial score (nSPS) is 14.3. The van der Waals surface area contributed by atoms with E-state index in [1.807, 2.05) is 0 Å². The SMILES string of the molecule is O=C([O-])C(Cl)=C(Cl)C(Cl)=C(Cl)C(=O)[O-]. The summed E-state index contributed by atoms with van der Waals surface area (Å²) in [6.07, 6.45) is 0. The Labute approximate surface area is 98.3 Å². The minimum Gasteiger partial charge on any atom is -0.544 e. The van der Waals surface area contributed by atoms with Crippen molar-refractivity contribution in [2.24, 2.45) is 0 Å². The fraction of sp³-hybridized carbons (Fsp3) is 0. The van der Waals surface area contributed by atoms with Crippen LogP contribution in [0.3, 0.4) is 0 Å². The Bertz CT molecular complexity index is 310. The van der Waals surface area contributed by atoms with Crippen LogP contribution in [-0.4, -0.2) is 11.9 Å². The molecule has 0 amide bonds. The van der Waals surface area contributed by atoms with Gasteiger partial charge in [-0.05, 0) is 0 Å². The molecular formula is C6Cl4O4-2. The predicted octanol–water partition coefficient (Wildman–Crippen LogP) is -0.135. The van der Waals surface area contributed by atoms with Crippen LogP contribution in [0.15, 0.2) is 20.1 Å². The van der Waals surface area contributed by atoms with Gasteiger partial charge in [0, 0.05) is 0 Å². The van der Waals surface area contributed by atoms with Gasteiger partial charge in [-0.2, -0.15) is 0 Å². The summed E-state index contributed by atoms with van der Waals surface area (Å²) < 4.78 is 0. The third-order valence-electron chi connectivity index (χ3n) is 0.937. The van der Waals surface area contributed by atoms with Crippen molar-refractivity contribution in [1.29, 1.82) is 0 Å². The van der Waals surface area contributed by atoms with E-state index in [4.69, 9.17) is 46.4 Å². The number of carbonyl (C=O) groups is 2. The minimum absolute atomic E-state index is 0.734. The van der Waals surface area contributed by atoms with E-state index < -0.39 is 32.1 Å². The van der Waals surface area contributed by atoms with Gasteiger partial charge in [0.15, 0.2) is 0 Å². The summed E-state index contributed by atoms with van der Waals surface area (Å²) in [5.41, 5.74) is 0. The Morgan fingerprint density at radius 2 is 0.857 bits per heavy atom. The lowest BCUT2D eigenvalue weighted by Gasteiger charge is -2.06. The largest absolute Gasteiger partial charge is 0.544 e. The van der Waals surface area contributed by atoms with Crippen molar-refractivity contribution >= 4 is 58.3 Å². The molecule has 78 valence electrons. The van der Waals surface area contributed by atoms with Crippen molar-refractivity contribution in [1.82, 2.24) is 0 Å². The van der Waals surface area contributed by atoms with Gasteiger partial charge in [0.25, 0.3) is 0 Å². The molecule has 0 aromatic heterocycles. The fourth-order valence-electron chi connectivity index (χ4n) is 0.372. The van der Waals surface area contributed by atoms with E-state index in [2.05, 4.69) is 0 Å². The number of allylic oxidation sites excluding steroid dienone is 2. The van der Waals surface area contributed by atoms with E-state index in [0.717, 1.165) is 0 Å². The minimum atomic E-state index is -1.81. The zero-order chi connectivity index (χ0) is 11.5. The van der Waals surface area contributed by atoms with Gasteiger partial charge in [0.1, 0.15) is 0 Å². The second-order valence-electron chi connectivity index (χ2n) is 1.83.